The Balaban J connectivity index is 1.81. The molecule has 2 rings (SSSR count). The zero-order valence-corrected chi connectivity index (χ0v) is 17.2. The SMILES string of the molecule is Cc1cc(C)cc(-c2nnc(SCC(=O)N[C@@H](C)CCCC(C)C)o2)c1. The second kappa shape index (κ2) is 9.76. The number of carbonyl (C=O) groups is 1. The van der Waals surface area contributed by atoms with Crippen LogP contribution in [0, 0.1) is 19.8 Å². The van der Waals surface area contributed by atoms with E-state index in [2.05, 4.69) is 35.4 Å². The lowest BCUT2D eigenvalue weighted by Crippen LogP contribution is -2.33. The highest BCUT2D eigenvalue weighted by molar-refractivity contribution is 7.99. The third kappa shape index (κ3) is 6.83. The highest BCUT2D eigenvalue weighted by Crippen LogP contribution is 2.24. The minimum atomic E-state index is -0.00167. The number of hydrogen-bond acceptors (Lipinski definition) is 5. The molecular weight excluding hydrogens is 346 g/mol. The van der Waals surface area contributed by atoms with Gasteiger partial charge in [-0.05, 0) is 45.2 Å². The quantitative estimate of drug-likeness (QED) is 0.639. The van der Waals surface area contributed by atoms with Crippen molar-refractivity contribution in [1.82, 2.24) is 15.5 Å². The lowest BCUT2D eigenvalue weighted by Gasteiger charge is -2.14. The summed E-state index contributed by atoms with van der Waals surface area (Å²) in [5.41, 5.74) is 3.21. The summed E-state index contributed by atoms with van der Waals surface area (Å²) >= 11 is 1.27. The van der Waals surface area contributed by atoms with Gasteiger partial charge in [-0.3, -0.25) is 4.79 Å². The molecule has 0 unspecified atom stereocenters. The maximum atomic E-state index is 12.1. The van der Waals surface area contributed by atoms with E-state index in [4.69, 9.17) is 4.42 Å². The Morgan fingerprint density at radius 2 is 1.81 bits per heavy atom. The first kappa shape index (κ1) is 20.5. The lowest BCUT2D eigenvalue weighted by molar-refractivity contribution is -0.119. The number of aromatic nitrogens is 2. The summed E-state index contributed by atoms with van der Waals surface area (Å²) in [6.45, 7) is 10.6. The van der Waals surface area contributed by atoms with Gasteiger partial charge in [-0.25, -0.2) is 0 Å². The number of carbonyl (C=O) groups excluding carboxylic acids is 1. The summed E-state index contributed by atoms with van der Waals surface area (Å²) in [6, 6.07) is 6.32. The normalized spacial score (nSPS) is 12.4. The van der Waals surface area contributed by atoms with E-state index in [0.717, 1.165) is 29.5 Å². The first-order chi connectivity index (χ1) is 12.3. The highest BCUT2D eigenvalue weighted by atomic mass is 32.2. The van der Waals surface area contributed by atoms with Gasteiger partial charge in [-0.1, -0.05) is 55.6 Å². The van der Waals surface area contributed by atoms with Crippen molar-refractivity contribution in [3.63, 3.8) is 0 Å². The van der Waals surface area contributed by atoms with Crippen molar-refractivity contribution >= 4 is 17.7 Å². The molecule has 2 aromatic rings. The third-order valence-corrected chi connectivity index (χ3v) is 4.85. The van der Waals surface area contributed by atoms with Crippen LogP contribution in [-0.2, 0) is 4.79 Å². The molecule has 0 bridgehead atoms. The maximum absolute atomic E-state index is 12.1. The molecule has 0 saturated heterocycles. The summed E-state index contributed by atoms with van der Waals surface area (Å²) in [4.78, 5) is 12.1. The van der Waals surface area contributed by atoms with Crippen molar-refractivity contribution in [2.75, 3.05) is 5.75 Å². The minimum absolute atomic E-state index is 0.00167. The van der Waals surface area contributed by atoms with Crippen LogP contribution in [0.4, 0.5) is 0 Å². The fourth-order valence-corrected chi connectivity index (χ4v) is 3.41. The summed E-state index contributed by atoms with van der Waals surface area (Å²) in [5, 5.41) is 11.6. The molecule has 0 spiro atoms. The number of rotatable bonds is 9. The van der Waals surface area contributed by atoms with Gasteiger partial charge < -0.3 is 9.73 Å². The van der Waals surface area contributed by atoms with Gasteiger partial charge in [0, 0.05) is 11.6 Å². The molecule has 0 radical (unpaired) electrons. The average Bonchev–Trinajstić information content (AvgIpc) is 3.00. The molecule has 142 valence electrons. The third-order valence-electron chi connectivity index (χ3n) is 4.03. The van der Waals surface area contributed by atoms with Crippen molar-refractivity contribution in [1.29, 1.82) is 0 Å². The van der Waals surface area contributed by atoms with Gasteiger partial charge in [-0.2, -0.15) is 0 Å². The maximum Gasteiger partial charge on any atom is 0.277 e. The Bertz CT molecular complexity index is 707. The molecule has 1 aromatic heterocycles. The van der Waals surface area contributed by atoms with E-state index in [-0.39, 0.29) is 17.7 Å². The van der Waals surface area contributed by atoms with Crippen molar-refractivity contribution in [3.8, 4) is 11.5 Å². The van der Waals surface area contributed by atoms with Crippen LogP contribution in [0.15, 0.2) is 27.8 Å². The topological polar surface area (TPSA) is 68.0 Å². The largest absolute Gasteiger partial charge is 0.411 e. The number of nitrogens with one attached hydrogen (secondary N) is 1. The molecule has 1 aromatic carbocycles. The van der Waals surface area contributed by atoms with E-state index in [0.29, 0.717) is 17.0 Å². The monoisotopic (exact) mass is 375 g/mol. The van der Waals surface area contributed by atoms with Gasteiger partial charge >= 0.3 is 0 Å². The Hall–Kier alpha value is -1.82. The fraction of sp³-hybridized carbons (Fsp3) is 0.550. The van der Waals surface area contributed by atoms with Gasteiger partial charge in [0.15, 0.2) is 0 Å². The summed E-state index contributed by atoms with van der Waals surface area (Å²) in [7, 11) is 0. The van der Waals surface area contributed by atoms with Gasteiger partial charge in [0.05, 0.1) is 5.75 Å². The van der Waals surface area contributed by atoms with Crippen LogP contribution in [0.25, 0.3) is 11.5 Å². The Morgan fingerprint density at radius 1 is 1.12 bits per heavy atom. The summed E-state index contributed by atoms with van der Waals surface area (Å²) in [6.07, 6.45) is 3.33. The number of aryl methyl sites for hydroxylation is 2. The average molecular weight is 376 g/mol. The molecule has 1 N–H and O–H groups in total. The molecule has 1 amide bonds. The van der Waals surface area contributed by atoms with Gasteiger partial charge in [0.2, 0.25) is 11.8 Å². The zero-order chi connectivity index (χ0) is 19.1. The number of nitrogens with zero attached hydrogens (tertiary/aromatic N) is 2. The first-order valence-electron chi connectivity index (χ1n) is 9.18. The van der Waals surface area contributed by atoms with Crippen LogP contribution in [0.5, 0.6) is 0 Å². The number of amides is 1. The van der Waals surface area contributed by atoms with Gasteiger partial charge in [-0.15, -0.1) is 10.2 Å². The zero-order valence-electron chi connectivity index (χ0n) is 16.3. The van der Waals surface area contributed by atoms with Crippen molar-refractivity contribution in [3.05, 3.63) is 29.3 Å². The molecule has 5 nitrogen and oxygen atoms in total. The minimum Gasteiger partial charge on any atom is -0.411 e. The van der Waals surface area contributed by atoms with Crippen LogP contribution in [0.2, 0.25) is 0 Å². The molecule has 1 heterocycles. The Kier molecular flexibility index (Phi) is 7.69. The number of thioether (sulfide) groups is 1. The molecule has 0 aliphatic rings. The molecular formula is C20H29N3O2S. The van der Waals surface area contributed by atoms with Gasteiger partial charge in [0.1, 0.15) is 0 Å². The standard InChI is InChI=1S/C20H29N3O2S/c1-13(2)7-6-8-16(5)21-18(24)12-26-20-23-22-19(25-20)17-10-14(3)9-15(4)11-17/h9-11,13,16H,6-8,12H2,1-5H3,(H,21,24)/t16-/m0/s1. The Labute approximate surface area is 160 Å². The number of benzene rings is 1. The van der Waals surface area contributed by atoms with Gasteiger partial charge in [0.25, 0.3) is 5.22 Å². The molecule has 0 fully saturated rings. The molecule has 6 heteroatoms. The molecule has 0 aliphatic carbocycles. The van der Waals surface area contributed by atoms with E-state index < -0.39 is 0 Å². The van der Waals surface area contributed by atoms with E-state index >= 15 is 0 Å². The predicted octanol–water partition coefficient (Wildman–Crippen LogP) is 4.78. The van der Waals surface area contributed by atoms with Crippen molar-refractivity contribution < 1.29 is 9.21 Å². The molecule has 0 aliphatic heterocycles. The Morgan fingerprint density at radius 3 is 2.46 bits per heavy atom. The fourth-order valence-electron chi connectivity index (χ4n) is 2.83. The summed E-state index contributed by atoms with van der Waals surface area (Å²) < 4.78 is 5.69. The highest BCUT2D eigenvalue weighted by Gasteiger charge is 2.13. The predicted molar refractivity (Wildman–Crippen MR) is 106 cm³/mol. The van der Waals surface area contributed by atoms with E-state index in [1.165, 1.54) is 18.2 Å². The molecule has 26 heavy (non-hydrogen) atoms. The van der Waals surface area contributed by atoms with Crippen LogP contribution < -0.4 is 5.32 Å². The van der Waals surface area contributed by atoms with E-state index in [9.17, 15) is 4.79 Å². The second-order valence-electron chi connectivity index (χ2n) is 7.33. The van der Waals surface area contributed by atoms with Crippen molar-refractivity contribution in [2.24, 2.45) is 5.92 Å². The van der Waals surface area contributed by atoms with Crippen LogP contribution >= 0.6 is 11.8 Å². The van der Waals surface area contributed by atoms with Crippen LogP contribution in [0.3, 0.4) is 0 Å². The van der Waals surface area contributed by atoms with Crippen molar-refractivity contribution in [2.45, 2.75) is 65.1 Å². The smallest absolute Gasteiger partial charge is 0.277 e. The van der Waals surface area contributed by atoms with Crippen LogP contribution in [0.1, 0.15) is 51.2 Å². The molecule has 1 atom stereocenters. The first-order valence-corrected chi connectivity index (χ1v) is 10.2. The van der Waals surface area contributed by atoms with E-state index in [1.54, 1.807) is 0 Å². The summed E-state index contributed by atoms with van der Waals surface area (Å²) in [5.74, 6) is 1.47. The lowest BCUT2D eigenvalue weighted by atomic mass is 10.0. The van der Waals surface area contributed by atoms with E-state index in [1.807, 2.05) is 32.9 Å². The number of hydrogen-bond donors (Lipinski definition) is 1. The second-order valence-corrected chi connectivity index (χ2v) is 8.26. The van der Waals surface area contributed by atoms with Crippen LogP contribution in [-0.4, -0.2) is 27.9 Å². The molecule has 0 saturated carbocycles.